The molecule has 6 heteroatoms. The van der Waals surface area contributed by atoms with Gasteiger partial charge in [0.15, 0.2) is 0 Å². The molecule has 1 aliphatic rings. The van der Waals surface area contributed by atoms with Crippen LogP contribution in [-0.2, 0) is 26.1 Å². The molecule has 1 saturated heterocycles. The Morgan fingerprint density at radius 3 is 1.86 bits per heavy atom. The van der Waals surface area contributed by atoms with Crippen molar-refractivity contribution in [2.75, 3.05) is 5.32 Å². The normalized spacial score (nSPS) is 19.4. The van der Waals surface area contributed by atoms with Crippen molar-refractivity contribution < 1.29 is 19.6 Å². The molecule has 0 saturated carbocycles. The highest BCUT2D eigenvalue weighted by atomic mass is 32.1. The Morgan fingerprint density at radius 2 is 1.29 bits per heavy atom. The van der Waals surface area contributed by atoms with Gasteiger partial charge in [0.1, 0.15) is 0 Å². The summed E-state index contributed by atoms with van der Waals surface area (Å²) in [4.78, 5) is 22.4. The molecule has 0 aliphatic carbocycles. The highest BCUT2D eigenvalue weighted by molar-refractivity contribution is 7.80. The third-order valence-corrected chi connectivity index (χ3v) is 4.84. The quantitative estimate of drug-likeness (QED) is 0.441. The van der Waals surface area contributed by atoms with E-state index < -0.39 is 12.6 Å². The molecule has 0 radical (unpaired) electrons. The maximum Gasteiger partial charge on any atom is 0.249 e. The molecule has 0 aromatic heterocycles. The summed E-state index contributed by atoms with van der Waals surface area (Å²) in [5.74, 6) is 0. The van der Waals surface area contributed by atoms with Crippen molar-refractivity contribution in [2.24, 2.45) is 0 Å². The van der Waals surface area contributed by atoms with E-state index in [1.165, 1.54) is 0 Å². The molecule has 0 bridgehead atoms. The van der Waals surface area contributed by atoms with Gasteiger partial charge >= 0.3 is 0 Å². The summed E-state index contributed by atoms with van der Waals surface area (Å²) in [6.07, 6.45) is -1.44. The van der Waals surface area contributed by atoms with E-state index in [0.29, 0.717) is 6.54 Å². The summed E-state index contributed by atoms with van der Waals surface area (Å²) in [5.41, 5.74) is 4.91. The monoisotopic (exact) mass is 395 g/mol. The van der Waals surface area contributed by atoms with Gasteiger partial charge in [-0.1, -0.05) is 66.2 Å². The molecule has 1 aliphatic heterocycles. The van der Waals surface area contributed by atoms with Crippen LogP contribution in [0, 0.1) is 6.92 Å². The largest absolute Gasteiger partial charge is 0.380 e. The fraction of sp³-hybridized carbons (Fsp3) is 0.182. The van der Waals surface area contributed by atoms with Gasteiger partial charge in [0.2, 0.25) is 12.6 Å². The standard InChI is InChI=1S/C22H21NO4S/c1-15-6-10-17(11-7-15)21-24-26-22(27-25-21)18-12-8-16(9-13-18)14-23-19-4-2-3-5-20(19)28/h2-13,21-23,28H,14H2,1H3. The average Bonchev–Trinajstić information content (AvgIpc) is 2.74. The van der Waals surface area contributed by atoms with Crippen LogP contribution in [0.25, 0.3) is 0 Å². The van der Waals surface area contributed by atoms with Gasteiger partial charge < -0.3 is 5.32 Å². The minimum atomic E-state index is -0.734. The molecule has 0 unspecified atom stereocenters. The zero-order valence-electron chi connectivity index (χ0n) is 15.4. The Kier molecular flexibility index (Phi) is 5.95. The molecule has 5 nitrogen and oxygen atoms in total. The van der Waals surface area contributed by atoms with Crippen LogP contribution in [-0.4, -0.2) is 0 Å². The number of rotatable bonds is 5. The van der Waals surface area contributed by atoms with E-state index >= 15 is 0 Å². The lowest BCUT2D eigenvalue weighted by Gasteiger charge is -2.27. The summed E-state index contributed by atoms with van der Waals surface area (Å²) >= 11 is 4.45. The predicted octanol–water partition coefficient (Wildman–Crippen LogP) is 5.50. The Hall–Kier alpha value is -2.35. The van der Waals surface area contributed by atoms with Crippen molar-refractivity contribution in [3.05, 3.63) is 95.1 Å². The summed E-state index contributed by atoms with van der Waals surface area (Å²) in [6, 6.07) is 23.5. The van der Waals surface area contributed by atoms with Gasteiger partial charge in [-0.15, -0.1) is 12.6 Å². The molecular formula is C22H21NO4S. The Morgan fingerprint density at radius 1 is 0.750 bits per heavy atom. The van der Waals surface area contributed by atoms with Gasteiger partial charge in [-0.05, 0) is 24.6 Å². The van der Waals surface area contributed by atoms with Gasteiger partial charge in [0, 0.05) is 28.3 Å². The predicted molar refractivity (Wildman–Crippen MR) is 108 cm³/mol. The highest BCUT2D eigenvalue weighted by Crippen LogP contribution is 2.32. The second-order valence-corrected chi connectivity index (χ2v) is 7.05. The summed E-state index contributed by atoms with van der Waals surface area (Å²) in [6.45, 7) is 2.71. The smallest absolute Gasteiger partial charge is 0.249 e. The van der Waals surface area contributed by atoms with Crippen LogP contribution >= 0.6 is 12.6 Å². The number of aryl methyl sites for hydroxylation is 1. The minimum absolute atomic E-state index is 0.687. The van der Waals surface area contributed by atoms with Crippen molar-refractivity contribution >= 4 is 18.3 Å². The van der Waals surface area contributed by atoms with Gasteiger partial charge in [0.05, 0.1) is 0 Å². The van der Waals surface area contributed by atoms with Crippen LogP contribution in [0.4, 0.5) is 5.69 Å². The van der Waals surface area contributed by atoms with Crippen molar-refractivity contribution in [1.82, 2.24) is 0 Å². The molecule has 1 N–H and O–H groups in total. The van der Waals surface area contributed by atoms with E-state index in [9.17, 15) is 0 Å². The van der Waals surface area contributed by atoms with E-state index in [-0.39, 0.29) is 0 Å². The van der Waals surface area contributed by atoms with Crippen LogP contribution in [0.15, 0.2) is 77.7 Å². The number of benzene rings is 3. The Labute approximate surface area is 169 Å². The number of hydrogen-bond donors (Lipinski definition) is 2. The zero-order valence-corrected chi connectivity index (χ0v) is 16.3. The molecule has 4 rings (SSSR count). The highest BCUT2D eigenvalue weighted by Gasteiger charge is 2.28. The average molecular weight is 395 g/mol. The van der Waals surface area contributed by atoms with E-state index in [0.717, 1.165) is 32.8 Å². The van der Waals surface area contributed by atoms with E-state index in [4.69, 9.17) is 19.6 Å². The van der Waals surface area contributed by atoms with E-state index in [2.05, 4.69) is 17.9 Å². The van der Waals surface area contributed by atoms with E-state index in [1.807, 2.05) is 79.7 Å². The number of anilines is 1. The maximum absolute atomic E-state index is 5.37. The van der Waals surface area contributed by atoms with Gasteiger partial charge in [-0.2, -0.15) is 19.6 Å². The number of para-hydroxylation sites is 1. The Bertz CT molecular complexity index is 907. The first-order valence-corrected chi connectivity index (χ1v) is 9.45. The third kappa shape index (κ3) is 4.55. The first-order chi connectivity index (χ1) is 13.7. The van der Waals surface area contributed by atoms with Crippen LogP contribution in [0.2, 0.25) is 0 Å². The molecule has 0 spiro atoms. The molecule has 0 atom stereocenters. The topological polar surface area (TPSA) is 49.0 Å². The summed E-state index contributed by atoms with van der Waals surface area (Å²) in [7, 11) is 0. The fourth-order valence-electron chi connectivity index (χ4n) is 2.79. The van der Waals surface area contributed by atoms with Crippen molar-refractivity contribution in [3.8, 4) is 0 Å². The van der Waals surface area contributed by atoms with Crippen LogP contribution in [0.5, 0.6) is 0 Å². The van der Waals surface area contributed by atoms with Crippen LogP contribution in [0.3, 0.4) is 0 Å². The molecule has 3 aromatic rings. The van der Waals surface area contributed by atoms with Crippen molar-refractivity contribution in [3.63, 3.8) is 0 Å². The summed E-state index contributed by atoms with van der Waals surface area (Å²) < 4.78 is 0. The minimum Gasteiger partial charge on any atom is -0.380 e. The molecule has 0 amide bonds. The molecule has 3 aromatic carbocycles. The van der Waals surface area contributed by atoms with Gasteiger partial charge in [0.25, 0.3) is 0 Å². The molecule has 28 heavy (non-hydrogen) atoms. The zero-order chi connectivity index (χ0) is 19.3. The second-order valence-electron chi connectivity index (χ2n) is 6.57. The van der Waals surface area contributed by atoms with Crippen molar-refractivity contribution in [1.29, 1.82) is 0 Å². The number of nitrogens with one attached hydrogen (secondary N) is 1. The molecular weight excluding hydrogens is 374 g/mol. The van der Waals surface area contributed by atoms with Gasteiger partial charge in [-0.25, -0.2) is 0 Å². The number of thiol groups is 1. The van der Waals surface area contributed by atoms with Crippen molar-refractivity contribution in [2.45, 2.75) is 30.9 Å². The van der Waals surface area contributed by atoms with Gasteiger partial charge in [-0.3, -0.25) is 0 Å². The number of hydrogen-bond acceptors (Lipinski definition) is 6. The first kappa shape index (κ1) is 19.0. The fourth-order valence-corrected chi connectivity index (χ4v) is 3.03. The lowest BCUT2D eigenvalue weighted by atomic mass is 10.1. The second kappa shape index (κ2) is 8.77. The first-order valence-electron chi connectivity index (χ1n) is 9.00. The SMILES string of the molecule is Cc1ccc(C2OOC(c3ccc(CNc4ccccc4S)cc3)OO2)cc1. The molecule has 1 heterocycles. The molecule has 1 fully saturated rings. The lowest BCUT2D eigenvalue weighted by molar-refractivity contribution is -0.600. The van der Waals surface area contributed by atoms with Crippen LogP contribution < -0.4 is 5.32 Å². The third-order valence-electron chi connectivity index (χ3n) is 4.45. The van der Waals surface area contributed by atoms with Crippen LogP contribution in [0.1, 0.15) is 34.8 Å². The Balaban J connectivity index is 1.32. The summed E-state index contributed by atoms with van der Waals surface area (Å²) in [5, 5.41) is 3.37. The van der Waals surface area contributed by atoms with E-state index in [1.54, 1.807) is 0 Å². The maximum atomic E-state index is 5.37. The molecule has 144 valence electrons. The lowest BCUT2D eigenvalue weighted by Crippen LogP contribution is -2.22.